The molecule has 6 heteroatoms. The van der Waals surface area contributed by atoms with Crippen LogP contribution < -0.4 is 0 Å². The van der Waals surface area contributed by atoms with Crippen molar-refractivity contribution in [1.82, 2.24) is 9.37 Å². The van der Waals surface area contributed by atoms with Gasteiger partial charge in [0, 0.05) is 17.6 Å². The van der Waals surface area contributed by atoms with E-state index in [0.29, 0.717) is 18.0 Å². The van der Waals surface area contributed by atoms with Crippen molar-refractivity contribution in [3.8, 4) is 0 Å². The van der Waals surface area contributed by atoms with E-state index in [9.17, 15) is 8.42 Å². The third-order valence-corrected chi connectivity index (χ3v) is 10.2. The van der Waals surface area contributed by atoms with E-state index in [1.165, 1.54) is 6.42 Å². The van der Waals surface area contributed by atoms with Crippen molar-refractivity contribution in [2.24, 2.45) is 5.92 Å². The van der Waals surface area contributed by atoms with E-state index < -0.39 is 10.0 Å². The van der Waals surface area contributed by atoms with Crippen molar-refractivity contribution >= 4 is 10.0 Å². The van der Waals surface area contributed by atoms with Gasteiger partial charge in [-0.3, -0.25) is 4.84 Å². The van der Waals surface area contributed by atoms with E-state index in [2.05, 4.69) is 86.9 Å². The van der Waals surface area contributed by atoms with Crippen molar-refractivity contribution in [3.05, 3.63) is 42.0 Å². The highest BCUT2D eigenvalue weighted by atomic mass is 32.2. The van der Waals surface area contributed by atoms with Gasteiger partial charge in [-0.2, -0.15) is 9.37 Å². The Balaban J connectivity index is 1.98. The SMILES string of the molecule is C=CC[C@H]1C[C@@H](CON2C(C)(C)CCCC2(C)C)N(S(=O)(=O)c2cc(C(C)(C)C)cc(C(C)(C)C)c2)C1. The molecule has 0 saturated carbocycles. The van der Waals surface area contributed by atoms with Gasteiger partial charge in [0.15, 0.2) is 0 Å². The quantitative estimate of drug-likeness (QED) is 0.348. The molecule has 2 aliphatic rings. The van der Waals surface area contributed by atoms with E-state index >= 15 is 0 Å². The minimum Gasteiger partial charge on any atom is -0.296 e. The lowest BCUT2D eigenvalue weighted by Gasteiger charge is -2.51. The molecule has 37 heavy (non-hydrogen) atoms. The fraction of sp³-hybridized carbons (Fsp3) is 0.742. The highest BCUT2D eigenvalue weighted by molar-refractivity contribution is 7.89. The third kappa shape index (κ3) is 6.69. The zero-order valence-electron chi connectivity index (χ0n) is 25.1. The Morgan fingerprint density at radius 1 is 0.973 bits per heavy atom. The standard InChI is InChI=1S/C31H52N2O3S/c1-12-14-23-17-26(22-36-33-30(8,9)15-13-16-31(33,10)11)32(21-23)37(34,35)27-19-24(28(2,3)4)18-25(20-27)29(5,6)7/h12,18-20,23,26H,1,13-17,21-22H2,2-11H3/t23-,26-/m0/s1. The maximum atomic E-state index is 14.3. The van der Waals surface area contributed by atoms with Crippen molar-refractivity contribution in [3.63, 3.8) is 0 Å². The van der Waals surface area contributed by atoms with Crippen LogP contribution >= 0.6 is 0 Å². The Bertz CT molecular complexity index is 1030. The molecule has 0 spiro atoms. The second kappa shape index (κ2) is 10.4. The van der Waals surface area contributed by atoms with Gasteiger partial charge < -0.3 is 0 Å². The number of hydrogen-bond acceptors (Lipinski definition) is 4. The van der Waals surface area contributed by atoms with Gasteiger partial charge in [0.25, 0.3) is 0 Å². The topological polar surface area (TPSA) is 49.9 Å². The summed E-state index contributed by atoms with van der Waals surface area (Å²) in [6.07, 6.45) is 6.80. The maximum Gasteiger partial charge on any atom is 0.243 e. The molecule has 1 aromatic carbocycles. The fourth-order valence-corrected chi connectivity index (χ4v) is 7.84. The van der Waals surface area contributed by atoms with Crippen LogP contribution in [0.3, 0.4) is 0 Å². The van der Waals surface area contributed by atoms with E-state index in [0.717, 1.165) is 36.8 Å². The van der Waals surface area contributed by atoms with Gasteiger partial charge in [-0.1, -0.05) is 53.7 Å². The van der Waals surface area contributed by atoms with E-state index in [-0.39, 0.29) is 33.9 Å². The van der Waals surface area contributed by atoms with Crippen molar-refractivity contribution in [1.29, 1.82) is 0 Å². The number of benzene rings is 1. The number of sulfonamides is 1. The summed E-state index contributed by atoms with van der Waals surface area (Å²) in [7, 11) is -3.71. The summed E-state index contributed by atoms with van der Waals surface area (Å²) < 4.78 is 30.3. The number of hydrogen-bond donors (Lipinski definition) is 0. The molecule has 0 aromatic heterocycles. The van der Waals surface area contributed by atoms with Crippen LogP contribution in [0.4, 0.5) is 0 Å². The number of allylic oxidation sites excluding steroid dienone is 1. The predicted octanol–water partition coefficient (Wildman–Crippen LogP) is 7.21. The minimum absolute atomic E-state index is 0.0901. The Kier molecular flexibility index (Phi) is 8.53. The molecule has 5 nitrogen and oxygen atoms in total. The van der Waals surface area contributed by atoms with Crippen LogP contribution in [0.2, 0.25) is 0 Å². The number of rotatable bonds is 7. The highest BCUT2D eigenvalue weighted by Gasteiger charge is 2.45. The summed E-state index contributed by atoms with van der Waals surface area (Å²) in [4.78, 5) is 6.94. The molecule has 0 radical (unpaired) electrons. The minimum atomic E-state index is -3.71. The van der Waals surface area contributed by atoms with Gasteiger partial charge in [0.1, 0.15) is 0 Å². The lowest BCUT2D eigenvalue weighted by atomic mass is 9.81. The van der Waals surface area contributed by atoms with Gasteiger partial charge >= 0.3 is 0 Å². The van der Waals surface area contributed by atoms with Crippen LogP contribution in [0.15, 0.2) is 35.7 Å². The average molecular weight is 533 g/mol. The molecule has 0 amide bonds. The molecular formula is C31H52N2O3S. The fourth-order valence-electron chi connectivity index (χ4n) is 6.07. The molecule has 1 aromatic rings. The third-order valence-electron chi connectivity index (χ3n) is 8.27. The second-order valence-corrected chi connectivity index (χ2v) is 16.6. The summed E-state index contributed by atoms with van der Waals surface area (Å²) in [5.74, 6) is 0.246. The van der Waals surface area contributed by atoms with Crippen LogP contribution in [-0.2, 0) is 25.7 Å². The molecule has 2 atom stereocenters. The normalized spacial score (nSPS) is 25.4. The van der Waals surface area contributed by atoms with Crippen LogP contribution in [-0.4, -0.2) is 48.1 Å². The number of hydroxylamine groups is 2. The molecular weight excluding hydrogens is 480 g/mol. The first-order valence-corrected chi connectivity index (χ1v) is 15.4. The second-order valence-electron chi connectivity index (χ2n) is 14.7. The van der Waals surface area contributed by atoms with Crippen molar-refractivity contribution in [2.75, 3.05) is 13.2 Å². The van der Waals surface area contributed by atoms with Crippen LogP contribution in [0, 0.1) is 5.92 Å². The largest absolute Gasteiger partial charge is 0.296 e. The van der Waals surface area contributed by atoms with Crippen molar-refractivity contribution in [2.45, 2.75) is 134 Å². The van der Waals surface area contributed by atoms with E-state index in [4.69, 9.17) is 4.84 Å². The van der Waals surface area contributed by atoms with Crippen molar-refractivity contribution < 1.29 is 13.3 Å². The number of nitrogens with zero attached hydrogens (tertiary/aromatic N) is 2. The monoisotopic (exact) mass is 532 g/mol. The highest BCUT2D eigenvalue weighted by Crippen LogP contribution is 2.40. The Hall–Kier alpha value is -1.21. The molecule has 2 aliphatic heterocycles. The molecule has 0 unspecified atom stereocenters. The van der Waals surface area contributed by atoms with E-state index in [1.807, 2.05) is 18.2 Å². The van der Waals surface area contributed by atoms with Crippen LogP contribution in [0.5, 0.6) is 0 Å². The predicted molar refractivity (Wildman–Crippen MR) is 154 cm³/mol. The summed E-state index contributed by atoms with van der Waals surface area (Å²) >= 11 is 0. The molecule has 2 heterocycles. The maximum absolute atomic E-state index is 14.3. The van der Waals surface area contributed by atoms with Gasteiger partial charge in [0.05, 0.1) is 17.5 Å². The number of piperidine rings is 1. The average Bonchev–Trinajstić information content (AvgIpc) is 3.14. The first-order valence-electron chi connectivity index (χ1n) is 14.0. The van der Waals surface area contributed by atoms with Gasteiger partial charge in [-0.15, -0.1) is 6.58 Å². The van der Waals surface area contributed by atoms with Crippen LogP contribution in [0.1, 0.15) is 112 Å². The summed E-state index contributed by atoms with van der Waals surface area (Å²) in [6.45, 7) is 26.5. The molecule has 3 rings (SSSR count). The smallest absolute Gasteiger partial charge is 0.243 e. The Labute approximate surface area is 227 Å². The summed E-state index contributed by atoms with van der Waals surface area (Å²) in [5, 5.41) is 2.15. The zero-order valence-corrected chi connectivity index (χ0v) is 26.0. The lowest BCUT2D eigenvalue weighted by Crippen LogP contribution is -2.59. The molecule has 0 N–H and O–H groups in total. The van der Waals surface area contributed by atoms with Gasteiger partial charge in [0.2, 0.25) is 10.0 Å². The lowest BCUT2D eigenvalue weighted by molar-refractivity contribution is -0.284. The first kappa shape index (κ1) is 30.3. The Morgan fingerprint density at radius 2 is 1.49 bits per heavy atom. The molecule has 2 fully saturated rings. The van der Waals surface area contributed by atoms with Gasteiger partial charge in [-0.05, 0) is 99.8 Å². The first-order chi connectivity index (χ1) is 16.8. The molecule has 0 aliphatic carbocycles. The van der Waals surface area contributed by atoms with E-state index in [1.54, 1.807) is 4.31 Å². The molecule has 210 valence electrons. The summed E-state index contributed by atoms with van der Waals surface area (Å²) in [5.41, 5.74) is 1.60. The molecule has 2 saturated heterocycles. The van der Waals surface area contributed by atoms with Gasteiger partial charge in [-0.25, -0.2) is 8.42 Å². The van der Waals surface area contributed by atoms with Crippen LogP contribution in [0.25, 0.3) is 0 Å². The summed E-state index contributed by atoms with van der Waals surface area (Å²) in [6, 6.07) is 5.74. The molecule has 0 bridgehead atoms. The zero-order chi connectivity index (χ0) is 28.0. The Morgan fingerprint density at radius 3 is 1.95 bits per heavy atom.